The van der Waals surface area contributed by atoms with Crippen molar-refractivity contribution in [3.8, 4) is 0 Å². The van der Waals surface area contributed by atoms with E-state index in [9.17, 15) is 9.59 Å². The Bertz CT molecular complexity index is 608. The van der Waals surface area contributed by atoms with Crippen LogP contribution in [0.1, 0.15) is 48.9 Å². The lowest BCUT2D eigenvalue weighted by molar-refractivity contribution is -0.147. The number of halogens is 1. The summed E-state index contributed by atoms with van der Waals surface area (Å²) in [7, 11) is 0. The fourth-order valence-electron chi connectivity index (χ4n) is 5.22. The first-order valence-electron chi connectivity index (χ1n) is 8.26. The van der Waals surface area contributed by atoms with Crippen LogP contribution in [-0.4, -0.2) is 16.8 Å². The van der Waals surface area contributed by atoms with Gasteiger partial charge < -0.3 is 0 Å². The van der Waals surface area contributed by atoms with Gasteiger partial charge in [0.2, 0.25) is 5.91 Å². The summed E-state index contributed by atoms with van der Waals surface area (Å²) in [5.41, 5.74) is 5.29. The SMILES string of the molecule is O=C(NNC(=O)C12CC3CC(CC(C3)C1)C2)c1ccc(Cl)nc1. The number of nitrogens with one attached hydrogen (secondary N) is 2. The first-order chi connectivity index (χ1) is 11.0. The number of aromatic nitrogens is 1. The third kappa shape index (κ3) is 2.71. The molecular weight excluding hydrogens is 314 g/mol. The van der Waals surface area contributed by atoms with E-state index in [1.165, 1.54) is 25.5 Å². The van der Waals surface area contributed by atoms with Gasteiger partial charge in [0, 0.05) is 6.20 Å². The van der Waals surface area contributed by atoms with Gasteiger partial charge in [-0.3, -0.25) is 20.4 Å². The summed E-state index contributed by atoms with van der Waals surface area (Å²) in [5.74, 6) is 1.70. The fraction of sp³-hybridized carbons (Fsp3) is 0.588. The summed E-state index contributed by atoms with van der Waals surface area (Å²) >= 11 is 5.71. The summed E-state index contributed by atoms with van der Waals surface area (Å²) in [6, 6.07) is 3.14. The van der Waals surface area contributed by atoms with Crippen LogP contribution < -0.4 is 10.9 Å². The van der Waals surface area contributed by atoms with Crippen molar-refractivity contribution in [3.63, 3.8) is 0 Å². The molecule has 6 heteroatoms. The van der Waals surface area contributed by atoms with Crippen molar-refractivity contribution >= 4 is 23.4 Å². The van der Waals surface area contributed by atoms with Crippen LogP contribution in [-0.2, 0) is 4.79 Å². The van der Waals surface area contributed by atoms with Crippen molar-refractivity contribution in [2.45, 2.75) is 38.5 Å². The predicted molar refractivity (Wildman–Crippen MR) is 85.5 cm³/mol. The lowest BCUT2D eigenvalue weighted by atomic mass is 9.49. The van der Waals surface area contributed by atoms with Crippen LogP contribution in [0.5, 0.6) is 0 Å². The van der Waals surface area contributed by atoms with Crippen molar-refractivity contribution in [3.05, 3.63) is 29.0 Å². The molecule has 4 aliphatic carbocycles. The van der Waals surface area contributed by atoms with Crippen molar-refractivity contribution in [2.75, 3.05) is 0 Å². The van der Waals surface area contributed by atoms with Crippen molar-refractivity contribution in [1.29, 1.82) is 0 Å². The van der Waals surface area contributed by atoms with Crippen LogP contribution in [0.4, 0.5) is 0 Å². The molecule has 4 aliphatic rings. The smallest absolute Gasteiger partial charge is 0.271 e. The van der Waals surface area contributed by atoms with Gasteiger partial charge in [0.15, 0.2) is 0 Å². The molecule has 1 heterocycles. The van der Waals surface area contributed by atoms with Crippen LogP contribution in [0.25, 0.3) is 0 Å². The Morgan fingerprint density at radius 3 is 2.17 bits per heavy atom. The highest BCUT2D eigenvalue weighted by Crippen LogP contribution is 2.59. The van der Waals surface area contributed by atoms with E-state index in [0.29, 0.717) is 28.5 Å². The van der Waals surface area contributed by atoms with E-state index in [2.05, 4.69) is 15.8 Å². The van der Waals surface area contributed by atoms with Gasteiger partial charge in [-0.05, 0) is 68.4 Å². The Morgan fingerprint density at radius 2 is 1.65 bits per heavy atom. The molecule has 1 aromatic rings. The number of rotatable bonds is 2. The monoisotopic (exact) mass is 333 g/mol. The van der Waals surface area contributed by atoms with E-state index >= 15 is 0 Å². The number of hydrogen-bond acceptors (Lipinski definition) is 3. The highest BCUT2D eigenvalue weighted by atomic mass is 35.5. The number of pyridine rings is 1. The lowest BCUT2D eigenvalue weighted by Gasteiger charge is -2.55. The molecule has 23 heavy (non-hydrogen) atoms. The number of hydrogen-bond donors (Lipinski definition) is 2. The van der Waals surface area contributed by atoms with Crippen molar-refractivity contribution in [2.24, 2.45) is 23.2 Å². The number of nitrogens with zero attached hydrogens (tertiary/aromatic N) is 1. The zero-order valence-corrected chi connectivity index (χ0v) is 13.6. The highest BCUT2D eigenvalue weighted by Gasteiger charge is 2.54. The molecule has 5 nitrogen and oxygen atoms in total. The third-order valence-corrected chi connectivity index (χ3v) is 6.02. The lowest BCUT2D eigenvalue weighted by Crippen LogP contribution is -2.56. The Balaban J connectivity index is 1.40. The summed E-state index contributed by atoms with van der Waals surface area (Å²) in [6.07, 6.45) is 8.18. The van der Waals surface area contributed by atoms with Crippen molar-refractivity contribution in [1.82, 2.24) is 15.8 Å². The summed E-state index contributed by atoms with van der Waals surface area (Å²) in [6.45, 7) is 0. The molecule has 5 rings (SSSR count). The van der Waals surface area contributed by atoms with E-state index in [1.807, 2.05) is 0 Å². The minimum absolute atomic E-state index is 0.0214. The van der Waals surface area contributed by atoms with Crippen LogP contribution in [0.3, 0.4) is 0 Å². The average Bonchev–Trinajstić information content (AvgIpc) is 2.51. The molecule has 0 atom stereocenters. The van der Waals surface area contributed by atoms with Gasteiger partial charge in [-0.2, -0.15) is 0 Å². The Hall–Kier alpha value is -1.62. The molecule has 4 saturated carbocycles. The Kier molecular flexibility index (Phi) is 3.56. The van der Waals surface area contributed by atoms with Gasteiger partial charge in [-0.1, -0.05) is 11.6 Å². The molecule has 2 amide bonds. The second-order valence-electron chi connectivity index (χ2n) is 7.48. The second kappa shape index (κ2) is 5.48. The maximum absolute atomic E-state index is 12.7. The van der Waals surface area contributed by atoms with E-state index in [4.69, 9.17) is 11.6 Å². The molecule has 0 aromatic carbocycles. The zero-order chi connectivity index (χ0) is 16.0. The van der Waals surface area contributed by atoms with E-state index in [1.54, 1.807) is 12.1 Å². The highest BCUT2D eigenvalue weighted by molar-refractivity contribution is 6.29. The molecule has 0 aliphatic heterocycles. The summed E-state index contributed by atoms with van der Waals surface area (Å²) in [5, 5.41) is 0.333. The molecule has 0 unspecified atom stereocenters. The van der Waals surface area contributed by atoms with Crippen molar-refractivity contribution < 1.29 is 9.59 Å². The average molecular weight is 334 g/mol. The first-order valence-corrected chi connectivity index (χ1v) is 8.64. The molecule has 0 radical (unpaired) electrons. The predicted octanol–water partition coefficient (Wildman–Crippen LogP) is 2.71. The molecule has 4 fully saturated rings. The minimum atomic E-state index is -0.368. The fourth-order valence-corrected chi connectivity index (χ4v) is 5.33. The van der Waals surface area contributed by atoms with Crippen LogP contribution in [0.2, 0.25) is 5.15 Å². The van der Waals surface area contributed by atoms with E-state index in [0.717, 1.165) is 19.3 Å². The molecule has 122 valence electrons. The van der Waals surface area contributed by atoms with Gasteiger partial charge in [0.05, 0.1) is 11.0 Å². The maximum atomic E-state index is 12.7. The number of carbonyl (C=O) groups excluding carboxylic acids is 2. The quantitative estimate of drug-likeness (QED) is 0.645. The summed E-state index contributed by atoms with van der Waals surface area (Å²) in [4.78, 5) is 28.7. The Labute approximate surface area is 140 Å². The van der Waals surface area contributed by atoms with Gasteiger partial charge >= 0.3 is 0 Å². The maximum Gasteiger partial charge on any atom is 0.271 e. The Morgan fingerprint density at radius 1 is 1.04 bits per heavy atom. The largest absolute Gasteiger partial charge is 0.273 e. The number of hydrazine groups is 1. The molecule has 0 saturated heterocycles. The molecular formula is C17H20ClN3O2. The summed E-state index contributed by atoms with van der Waals surface area (Å²) < 4.78 is 0. The number of carbonyl (C=O) groups is 2. The first kappa shape index (κ1) is 14.9. The molecule has 1 aromatic heterocycles. The van der Waals surface area contributed by atoms with Crippen LogP contribution in [0.15, 0.2) is 18.3 Å². The molecule has 0 spiro atoms. The van der Waals surface area contributed by atoms with Gasteiger partial charge in [-0.15, -0.1) is 0 Å². The molecule has 2 N–H and O–H groups in total. The van der Waals surface area contributed by atoms with Gasteiger partial charge in [-0.25, -0.2) is 4.98 Å². The number of amides is 2. The third-order valence-electron chi connectivity index (χ3n) is 5.80. The molecule has 4 bridgehead atoms. The van der Waals surface area contributed by atoms with Gasteiger partial charge in [0.25, 0.3) is 5.91 Å². The zero-order valence-electron chi connectivity index (χ0n) is 12.8. The second-order valence-corrected chi connectivity index (χ2v) is 7.86. The van der Waals surface area contributed by atoms with Crippen LogP contribution >= 0.6 is 11.6 Å². The van der Waals surface area contributed by atoms with Crippen LogP contribution in [0, 0.1) is 23.2 Å². The normalized spacial score (nSPS) is 34.2. The van der Waals surface area contributed by atoms with Gasteiger partial charge in [0.1, 0.15) is 5.15 Å². The minimum Gasteiger partial charge on any atom is -0.273 e. The van der Waals surface area contributed by atoms with E-state index in [-0.39, 0.29) is 17.2 Å². The van der Waals surface area contributed by atoms with E-state index < -0.39 is 0 Å². The topological polar surface area (TPSA) is 71.1 Å². The standard InChI is InChI=1S/C17H20ClN3O2/c18-14-2-1-13(9-19-14)15(22)20-21-16(23)17-6-10-3-11(7-17)5-12(4-10)8-17/h1-2,9-12H,3-8H2,(H,20,22)(H,21,23).